The fourth-order valence-electron chi connectivity index (χ4n) is 1.74. The van der Waals surface area contributed by atoms with Crippen LogP contribution < -0.4 is 4.74 Å². The molecule has 0 saturated heterocycles. The molecule has 0 unspecified atom stereocenters. The molecule has 92 valence electrons. The molecule has 3 nitrogen and oxygen atoms in total. The van der Waals surface area contributed by atoms with Gasteiger partial charge in [0.2, 0.25) is 0 Å². The summed E-state index contributed by atoms with van der Waals surface area (Å²) in [4.78, 5) is 10.8. The highest BCUT2D eigenvalue weighted by Crippen LogP contribution is 2.34. The predicted molar refractivity (Wildman–Crippen MR) is 73.2 cm³/mol. The maximum Gasteiger partial charge on any atom is 0.511 e. The molecule has 0 spiro atoms. The number of carboxylic acid groups (broad SMARTS) is 1. The smallest absolute Gasteiger partial charge is 0.449 e. The molecule has 0 aliphatic carbocycles. The first-order chi connectivity index (χ1) is 8.72. The summed E-state index contributed by atoms with van der Waals surface area (Å²) in [5.41, 5.74) is 2.50. The number of hydrogen-bond donors (Lipinski definition) is 1. The van der Waals surface area contributed by atoms with E-state index in [1.807, 2.05) is 48.5 Å². The van der Waals surface area contributed by atoms with E-state index in [2.05, 4.69) is 15.9 Å². The zero-order valence-corrected chi connectivity index (χ0v) is 11.1. The van der Waals surface area contributed by atoms with E-state index in [0.717, 1.165) is 16.7 Å². The lowest BCUT2D eigenvalue weighted by atomic mass is 10.0. The zero-order chi connectivity index (χ0) is 13.0. The highest BCUT2D eigenvalue weighted by Gasteiger charge is 2.13. The largest absolute Gasteiger partial charge is 0.511 e. The Morgan fingerprint density at radius 1 is 1.11 bits per heavy atom. The maximum absolute atomic E-state index is 10.8. The van der Waals surface area contributed by atoms with Crippen LogP contribution in [-0.2, 0) is 5.33 Å². The van der Waals surface area contributed by atoms with Crippen molar-refractivity contribution < 1.29 is 14.6 Å². The van der Waals surface area contributed by atoms with Gasteiger partial charge in [-0.3, -0.25) is 0 Å². The second-order valence-corrected chi connectivity index (χ2v) is 4.22. The molecule has 2 aromatic rings. The van der Waals surface area contributed by atoms with E-state index < -0.39 is 6.16 Å². The van der Waals surface area contributed by atoms with Crippen LogP contribution in [0, 0.1) is 0 Å². The first kappa shape index (κ1) is 12.6. The highest BCUT2D eigenvalue weighted by atomic mass is 79.9. The van der Waals surface area contributed by atoms with Crippen LogP contribution in [0.2, 0.25) is 0 Å². The Bertz CT molecular complexity index is 552. The molecule has 4 heteroatoms. The molecular formula is C14H11BrO3. The van der Waals surface area contributed by atoms with Crippen LogP contribution in [-0.4, -0.2) is 11.3 Å². The molecule has 0 bridgehead atoms. The second kappa shape index (κ2) is 5.69. The van der Waals surface area contributed by atoms with Crippen LogP contribution in [0.4, 0.5) is 4.79 Å². The molecule has 0 aliphatic heterocycles. The summed E-state index contributed by atoms with van der Waals surface area (Å²) in [7, 11) is 0. The number of rotatable bonds is 3. The average molecular weight is 307 g/mol. The Labute approximate surface area is 113 Å². The van der Waals surface area contributed by atoms with Crippen LogP contribution >= 0.6 is 15.9 Å². The van der Waals surface area contributed by atoms with Crippen LogP contribution in [0.25, 0.3) is 11.1 Å². The summed E-state index contributed by atoms with van der Waals surface area (Å²) >= 11 is 3.33. The minimum atomic E-state index is -1.31. The first-order valence-electron chi connectivity index (χ1n) is 5.36. The van der Waals surface area contributed by atoms with Gasteiger partial charge in [0.1, 0.15) is 5.75 Å². The molecule has 0 saturated carbocycles. The van der Waals surface area contributed by atoms with Crippen LogP contribution in [0.3, 0.4) is 0 Å². The number of benzene rings is 2. The van der Waals surface area contributed by atoms with Gasteiger partial charge in [-0.2, -0.15) is 0 Å². The third kappa shape index (κ3) is 2.71. The van der Waals surface area contributed by atoms with Crippen molar-refractivity contribution in [1.82, 2.24) is 0 Å². The van der Waals surface area contributed by atoms with Crippen LogP contribution in [0.5, 0.6) is 5.75 Å². The fourth-order valence-corrected chi connectivity index (χ4v) is 2.18. The van der Waals surface area contributed by atoms with E-state index in [0.29, 0.717) is 11.1 Å². The predicted octanol–water partition coefficient (Wildman–Crippen LogP) is 4.31. The molecule has 0 atom stereocenters. The minimum Gasteiger partial charge on any atom is -0.449 e. The number of para-hydroxylation sites is 1. The van der Waals surface area contributed by atoms with Crippen LogP contribution in [0.1, 0.15) is 5.56 Å². The quantitative estimate of drug-likeness (QED) is 0.522. The van der Waals surface area contributed by atoms with Crippen molar-refractivity contribution in [1.29, 1.82) is 0 Å². The number of alkyl halides is 1. The monoisotopic (exact) mass is 306 g/mol. The Kier molecular flexibility index (Phi) is 3.99. The van der Waals surface area contributed by atoms with Crippen LogP contribution in [0.15, 0.2) is 48.5 Å². The third-order valence-electron chi connectivity index (χ3n) is 2.51. The van der Waals surface area contributed by atoms with Gasteiger partial charge in [0, 0.05) is 16.5 Å². The van der Waals surface area contributed by atoms with E-state index in [4.69, 9.17) is 9.84 Å². The summed E-state index contributed by atoms with van der Waals surface area (Å²) in [6, 6.07) is 15.1. The second-order valence-electron chi connectivity index (χ2n) is 3.66. The fraction of sp³-hybridized carbons (Fsp3) is 0.0714. The van der Waals surface area contributed by atoms with Gasteiger partial charge in [-0.15, -0.1) is 0 Å². The van der Waals surface area contributed by atoms with Crippen molar-refractivity contribution in [3.63, 3.8) is 0 Å². The van der Waals surface area contributed by atoms with E-state index in [-0.39, 0.29) is 0 Å². The summed E-state index contributed by atoms with van der Waals surface area (Å²) in [6.07, 6.45) is -1.31. The van der Waals surface area contributed by atoms with Gasteiger partial charge in [0.15, 0.2) is 0 Å². The Hall–Kier alpha value is -1.81. The highest BCUT2D eigenvalue weighted by molar-refractivity contribution is 9.08. The van der Waals surface area contributed by atoms with E-state index in [1.165, 1.54) is 0 Å². The average Bonchev–Trinajstić information content (AvgIpc) is 2.39. The van der Waals surface area contributed by atoms with Crippen molar-refractivity contribution in [3.8, 4) is 16.9 Å². The first-order valence-corrected chi connectivity index (χ1v) is 6.48. The molecule has 2 aromatic carbocycles. The molecule has 0 aliphatic rings. The van der Waals surface area contributed by atoms with Gasteiger partial charge < -0.3 is 9.84 Å². The molecule has 0 aromatic heterocycles. The standard InChI is InChI=1S/C14H11BrO3/c15-9-11-7-4-8-12(13(11)18-14(16)17)10-5-2-1-3-6-10/h1-8H,9H2,(H,16,17). The van der Waals surface area contributed by atoms with Gasteiger partial charge >= 0.3 is 6.16 Å². The lowest BCUT2D eigenvalue weighted by Gasteiger charge is -2.11. The van der Waals surface area contributed by atoms with Crippen molar-refractivity contribution >= 4 is 22.1 Å². The van der Waals surface area contributed by atoms with E-state index in [1.54, 1.807) is 0 Å². The zero-order valence-electron chi connectivity index (χ0n) is 9.47. The molecule has 0 radical (unpaired) electrons. The van der Waals surface area contributed by atoms with Gasteiger partial charge in [-0.25, -0.2) is 4.79 Å². The number of carbonyl (C=O) groups is 1. The van der Waals surface area contributed by atoms with Gasteiger partial charge in [0.25, 0.3) is 0 Å². The SMILES string of the molecule is O=C(O)Oc1c(CBr)cccc1-c1ccccc1. The summed E-state index contributed by atoms with van der Waals surface area (Å²) in [6.45, 7) is 0. The number of halogens is 1. The van der Waals surface area contributed by atoms with Gasteiger partial charge in [0.05, 0.1) is 0 Å². The molecule has 0 heterocycles. The Morgan fingerprint density at radius 3 is 2.44 bits per heavy atom. The van der Waals surface area contributed by atoms with Crippen molar-refractivity contribution in [2.45, 2.75) is 5.33 Å². The lowest BCUT2D eigenvalue weighted by molar-refractivity contribution is 0.144. The van der Waals surface area contributed by atoms with E-state index in [9.17, 15) is 4.79 Å². The van der Waals surface area contributed by atoms with Crippen molar-refractivity contribution in [2.24, 2.45) is 0 Å². The number of hydrogen-bond acceptors (Lipinski definition) is 2. The molecule has 0 amide bonds. The molecule has 1 N–H and O–H groups in total. The summed E-state index contributed by atoms with van der Waals surface area (Å²) in [5, 5.41) is 9.36. The normalized spacial score (nSPS) is 10.1. The summed E-state index contributed by atoms with van der Waals surface area (Å²) in [5.74, 6) is 0.382. The summed E-state index contributed by atoms with van der Waals surface area (Å²) < 4.78 is 4.91. The lowest BCUT2D eigenvalue weighted by Crippen LogP contribution is -2.06. The maximum atomic E-state index is 10.8. The molecular weight excluding hydrogens is 296 g/mol. The van der Waals surface area contributed by atoms with Crippen molar-refractivity contribution in [2.75, 3.05) is 0 Å². The minimum absolute atomic E-state index is 0.382. The number of ether oxygens (including phenoxy) is 1. The van der Waals surface area contributed by atoms with Gasteiger partial charge in [-0.05, 0) is 5.56 Å². The van der Waals surface area contributed by atoms with Gasteiger partial charge in [-0.1, -0.05) is 64.5 Å². The Morgan fingerprint density at radius 2 is 1.83 bits per heavy atom. The molecule has 18 heavy (non-hydrogen) atoms. The van der Waals surface area contributed by atoms with E-state index >= 15 is 0 Å². The molecule has 0 fully saturated rings. The van der Waals surface area contributed by atoms with Crippen molar-refractivity contribution in [3.05, 3.63) is 54.1 Å². The molecule has 2 rings (SSSR count). The third-order valence-corrected chi connectivity index (χ3v) is 3.12. The Balaban J connectivity index is 2.56. The topological polar surface area (TPSA) is 46.5 Å².